The normalized spacial score (nSPS) is 25.4. The summed E-state index contributed by atoms with van der Waals surface area (Å²) in [6.07, 6.45) is 0. The molecular formula is C15H24N2. The van der Waals surface area contributed by atoms with Crippen molar-refractivity contribution in [3.05, 3.63) is 29.8 Å². The molecule has 1 aromatic rings. The molecular weight excluding hydrogens is 208 g/mol. The second-order valence-corrected chi connectivity index (χ2v) is 5.60. The van der Waals surface area contributed by atoms with Gasteiger partial charge in [-0.15, -0.1) is 0 Å². The van der Waals surface area contributed by atoms with E-state index in [1.165, 1.54) is 11.3 Å². The van der Waals surface area contributed by atoms with Gasteiger partial charge in [0.1, 0.15) is 0 Å². The van der Waals surface area contributed by atoms with Gasteiger partial charge in [-0.2, -0.15) is 0 Å². The van der Waals surface area contributed by atoms with Gasteiger partial charge in [-0.25, -0.2) is 0 Å². The van der Waals surface area contributed by atoms with Crippen LogP contribution in [-0.2, 0) is 0 Å². The maximum atomic E-state index is 3.64. The average molecular weight is 232 g/mol. The van der Waals surface area contributed by atoms with Gasteiger partial charge in [0.25, 0.3) is 0 Å². The lowest BCUT2D eigenvalue weighted by Crippen LogP contribution is -2.57. The third-order valence-electron chi connectivity index (χ3n) is 3.74. The highest BCUT2D eigenvalue weighted by Crippen LogP contribution is 2.22. The van der Waals surface area contributed by atoms with Crippen molar-refractivity contribution in [2.24, 2.45) is 5.92 Å². The molecule has 1 saturated heterocycles. The van der Waals surface area contributed by atoms with Crippen LogP contribution in [0.25, 0.3) is 0 Å². The van der Waals surface area contributed by atoms with Gasteiger partial charge in [0.2, 0.25) is 0 Å². The highest BCUT2D eigenvalue weighted by Gasteiger charge is 2.26. The summed E-state index contributed by atoms with van der Waals surface area (Å²) < 4.78 is 0. The molecule has 1 aliphatic heterocycles. The SMILES string of the molecule is Cc1cccc(N2CC(C(C)C)NCC2C)c1. The lowest BCUT2D eigenvalue weighted by atomic mass is 9.99. The predicted molar refractivity (Wildman–Crippen MR) is 74.6 cm³/mol. The van der Waals surface area contributed by atoms with Gasteiger partial charge in [-0.05, 0) is 37.5 Å². The van der Waals surface area contributed by atoms with E-state index in [4.69, 9.17) is 0 Å². The first-order chi connectivity index (χ1) is 8.08. The molecule has 2 rings (SSSR count). The molecule has 0 aliphatic carbocycles. The van der Waals surface area contributed by atoms with Crippen molar-refractivity contribution in [3.8, 4) is 0 Å². The second-order valence-electron chi connectivity index (χ2n) is 5.60. The van der Waals surface area contributed by atoms with Crippen LogP contribution >= 0.6 is 0 Å². The molecule has 0 aromatic heterocycles. The molecule has 2 unspecified atom stereocenters. The van der Waals surface area contributed by atoms with E-state index >= 15 is 0 Å². The van der Waals surface area contributed by atoms with Crippen molar-refractivity contribution in [2.75, 3.05) is 18.0 Å². The summed E-state index contributed by atoms with van der Waals surface area (Å²) in [7, 11) is 0. The molecule has 17 heavy (non-hydrogen) atoms. The van der Waals surface area contributed by atoms with E-state index in [1.54, 1.807) is 0 Å². The minimum atomic E-state index is 0.576. The topological polar surface area (TPSA) is 15.3 Å². The fraction of sp³-hybridized carbons (Fsp3) is 0.600. The number of rotatable bonds is 2. The number of hydrogen-bond donors (Lipinski definition) is 1. The van der Waals surface area contributed by atoms with Crippen LogP contribution in [-0.4, -0.2) is 25.2 Å². The van der Waals surface area contributed by atoms with Crippen LogP contribution < -0.4 is 10.2 Å². The third-order valence-corrected chi connectivity index (χ3v) is 3.74. The molecule has 0 radical (unpaired) electrons. The lowest BCUT2D eigenvalue weighted by molar-refractivity contribution is 0.337. The van der Waals surface area contributed by atoms with E-state index in [2.05, 4.69) is 62.2 Å². The first kappa shape index (κ1) is 12.4. The molecule has 1 aromatic carbocycles. The summed E-state index contributed by atoms with van der Waals surface area (Å²) in [5.74, 6) is 0.690. The summed E-state index contributed by atoms with van der Waals surface area (Å²) in [5.41, 5.74) is 2.71. The van der Waals surface area contributed by atoms with Gasteiger partial charge < -0.3 is 10.2 Å². The van der Waals surface area contributed by atoms with Crippen molar-refractivity contribution in [2.45, 2.75) is 39.8 Å². The van der Waals surface area contributed by atoms with Crippen molar-refractivity contribution in [1.29, 1.82) is 0 Å². The maximum absolute atomic E-state index is 3.64. The molecule has 2 nitrogen and oxygen atoms in total. The zero-order valence-electron chi connectivity index (χ0n) is 11.4. The van der Waals surface area contributed by atoms with Crippen LogP contribution in [0.15, 0.2) is 24.3 Å². The highest BCUT2D eigenvalue weighted by molar-refractivity contribution is 5.50. The molecule has 94 valence electrons. The number of benzene rings is 1. The Labute approximate surface area is 105 Å². The average Bonchev–Trinajstić information content (AvgIpc) is 2.29. The Morgan fingerprint density at radius 3 is 2.76 bits per heavy atom. The minimum Gasteiger partial charge on any atom is -0.366 e. The van der Waals surface area contributed by atoms with E-state index in [0.717, 1.165) is 13.1 Å². The number of aryl methyl sites for hydroxylation is 1. The molecule has 1 aliphatic rings. The van der Waals surface area contributed by atoms with E-state index in [1.807, 2.05) is 0 Å². The standard InChI is InChI=1S/C15H24N2/c1-11(2)15-10-17(13(4)9-16-15)14-7-5-6-12(3)8-14/h5-8,11,13,15-16H,9-10H2,1-4H3. The Morgan fingerprint density at radius 2 is 2.12 bits per heavy atom. The number of nitrogens with zero attached hydrogens (tertiary/aromatic N) is 1. The van der Waals surface area contributed by atoms with Crippen molar-refractivity contribution >= 4 is 5.69 Å². The summed E-state index contributed by atoms with van der Waals surface area (Å²) in [4.78, 5) is 2.54. The van der Waals surface area contributed by atoms with Gasteiger partial charge in [-0.3, -0.25) is 0 Å². The van der Waals surface area contributed by atoms with E-state index in [0.29, 0.717) is 18.0 Å². The summed E-state index contributed by atoms with van der Waals surface area (Å²) in [6.45, 7) is 11.2. The van der Waals surface area contributed by atoms with Crippen molar-refractivity contribution in [3.63, 3.8) is 0 Å². The van der Waals surface area contributed by atoms with E-state index in [9.17, 15) is 0 Å². The van der Waals surface area contributed by atoms with Gasteiger partial charge in [-0.1, -0.05) is 26.0 Å². The van der Waals surface area contributed by atoms with Gasteiger partial charge in [0.15, 0.2) is 0 Å². The van der Waals surface area contributed by atoms with Crippen LogP contribution in [0, 0.1) is 12.8 Å². The highest BCUT2D eigenvalue weighted by atomic mass is 15.2. The zero-order chi connectivity index (χ0) is 12.4. The van der Waals surface area contributed by atoms with Crippen LogP contribution in [0.5, 0.6) is 0 Å². The van der Waals surface area contributed by atoms with Crippen LogP contribution in [0.1, 0.15) is 26.3 Å². The number of nitrogens with one attached hydrogen (secondary N) is 1. The van der Waals surface area contributed by atoms with Crippen LogP contribution in [0.3, 0.4) is 0 Å². The van der Waals surface area contributed by atoms with Crippen LogP contribution in [0.4, 0.5) is 5.69 Å². The Morgan fingerprint density at radius 1 is 1.35 bits per heavy atom. The monoisotopic (exact) mass is 232 g/mol. The van der Waals surface area contributed by atoms with Gasteiger partial charge in [0.05, 0.1) is 0 Å². The molecule has 1 fully saturated rings. The Kier molecular flexibility index (Phi) is 3.72. The molecule has 0 bridgehead atoms. The first-order valence-corrected chi connectivity index (χ1v) is 6.64. The number of hydrogen-bond acceptors (Lipinski definition) is 2. The molecule has 2 atom stereocenters. The second kappa shape index (κ2) is 5.09. The largest absolute Gasteiger partial charge is 0.366 e. The molecule has 0 saturated carbocycles. The zero-order valence-corrected chi connectivity index (χ0v) is 11.4. The summed E-state index contributed by atoms with van der Waals surface area (Å²) in [5, 5.41) is 3.64. The minimum absolute atomic E-state index is 0.576. The smallest absolute Gasteiger partial charge is 0.0387 e. The van der Waals surface area contributed by atoms with Crippen molar-refractivity contribution in [1.82, 2.24) is 5.32 Å². The molecule has 1 heterocycles. The third kappa shape index (κ3) is 2.81. The molecule has 0 amide bonds. The quantitative estimate of drug-likeness (QED) is 0.843. The molecule has 1 N–H and O–H groups in total. The number of piperazine rings is 1. The molecule has 0 spiro atoms. The predicted octanol–water partition coefficient (Wildman–Crippen LogP) is 2.82. The van der Waals surface area contributed by atoms with E-state index in [-0.39, 0.29) is 0 Å². The van der Waals surface area contributed by atoms with Gasteiger partial charge in [0, 0.05) is 30.9 Å². The van der Waals surface area contributed by atoms with Crippen molar-refractivity contribution < 1.29 is 0 Å². The Bertz CT molecular complexity index is 373. The first-order valence-electron chi connectivity index (χ1n) is 6.64. The Hall–Kier alpha value is -1.02. The summed E-state index contributed by atoms with van der Waals surface area (Å²) in [6, 6.07) is 10.0. The fourth-order valence-corrected chi connectivity index (χ4v) is 2.50. The molecule has 2 heteroatoms. The van der Waals surface area contributed by atoms with E-state index < -0.39 is 0 Å². The number of anilines is 1. The maximum Gasteiger partial charge on any atom is 0.0387 e. The van der Waals surface area contributed by atoms with Crippen LogP contribution in [0.2, 0.25) is 0 Å². The lowest BCUT2D eigenvalue weighted by Gasteiger charge is -2.42. The fourth-order valence-electron chi connectivity index (χ4n) is 2.50. The Balaban J connectivity index is 2.18. The summed E-state index contributed by atoms with van der Waals surface area (Å²) >= 11 is 0. The van der Waals surface area contributed by atoms with Gasteiger partial charge >= 0.3 is 0 Å².